The van der Waals surface area contributed by atoms with E-state index in [0.717, 1.165) is 12.0 Å². The third kappa shape index (κ3) is 1.99. The maximum absolute atomic E-state index is 5.80. The van der Waals surface area contributed by atoms with Crippen LogP contribution in [-0.2, 0) is 9.31 Å². The Bertz CT molecular complexity index is 300. The van der Waals surface area contributed by atoms with Crippen LogP contribution in [0.25, 0.3) is 0 Å². The molecule has 0 saturated carbocycles. The Balaban J connectivity index is 2.14. The molecule has 1 N–H and O–H groups in total. The minimum Gasteiger partial charge on any atom is -0.404 e. The lowest BCUT2D eigenvalue weighted by Crippen LogP contribution is -2.52. The Labute approximate surface area is 84.1 Å². The van der Waals surface area contributed by atoms with Gasteiger partial charge < -0.3 is 9.31 Å². The summed E-state index contributed by atoms with van der Waals surface area (Å²) in [5, 5.41) is 6.75. The Morgan fingerprint density at radius 3 is 3.00 bits per heavy atom. The summed E-state index contributed by atoms with van der Waals surface area (Å²) in [4.78, 5) is 0. The van der Waals surface area contributed by atoms with E-state index in [1.807, 2.05) is 6.07 Å². The van der Waals surface area contributed by atoms with Crippen molar-refractivity contribution in [2.45, 2.75) is 38.9 Å². The topological polar surface area (TPSA) is 47.1 Å². The molecule has 1 aromatic heterocycles. The zero-order valence-electron chi connectivity index (χ0n) is 8.78. The van der Waals surface area contributed by atoms with Gasteiger partial charge in [0.1, 0.15) is 0 Å². The number of aromatic nitrogens is 2. The van der Waals surface area contributed by atoms with E-state index in [1.165, 1.54) is 0 Å². The molecule has 1 atom stereocenters. The normalized spacial score (nSPS) is 26.5. The predicted octanol–water partition coefficient (Wildman–Crippen LogP) is 0.709. The molecule has 1 fully saturated rings. The van der Waals surface area contributed by atoms with Gasteiger partial charge in [-0.25, -0.2) is 0 Å². The lowest BCUT2D eigenvalue weighted by molar-refractivity contribution is -0.0233. The van der Waals surface area contributed by atoms with Crippen molar-refractivity contribution in [3.8, 4) is 0 Å². The molecule has 0 amide bonds. The molecule has 2 heterocycles. The zero-order valence-corrected chi connectivity index (χ0v) is 8.78. The van der Waals surface area contributed by atoms with Crippen LogP contribution < -0.4 is 5.59 Å². The lowest BCUT2D eigenvalue weighted by Gasteiger charge is -2.37. The molecule has 1 saturated heterocycles. The highest BCUT2D eigenvalue weighted by Gasteiger charge is 2.38. The van der Waals surface area contributed by atoms with Gasteiger partial charge in [-0.1, -0.05) is 0 Å². The van der Waals surface area contributed by atoms with Crippen molar-refractivity contribution in [2.75, 3.05) is 0 Å². The summed E-state index contributed by atoms with van der Waals surface area (Å²) in [6.45, 7) is 6.22. The second kappa shape index (κ2) is 3.40. The lowest BCUT2D eigenvalue weighted by atomic mass is 9.79. The first-order valence-electron chi connectivity index (χ1n) is 4.89. The molecule has 5 heteroatoms. The van der Waals surface area contributed by atoms with Crippen LogP contribution in [0, 0.1) is 0 Å². The quantitative estimate of drug-likeness (QED) is 0.669. The van der Waals surface area contributed by atoms with E-state index in [-0.39, 0.29) is 18.8 Å². The summed E-state index contributed by atoms with van der Waals surface area (Å²) in [5.41, 5.74) is 0.748. The molecule has 0 radical (unpaired) electrons. The van der Waals surface area contributed by atoms with Crippen molar-refractivity contribution in [3.63, 3.8) is 0 Å². The van der Waals surface area contributed by atoms with Gasteiger partial charge in [0.15, 0.2) is 0 Å². The Morgan fingerprint density at radius 2 is 2.43 bits per heavy atom. The van der Waals surface area contributed by atoms with Gasteiger partial charge in [-0.15, -0.1) is 0 Å². The fourth-order valence-corrected chi connectivity index (χ4v) is 1.85. The molecule has 0 aromatic carbocycles. The minimum atomic E-state index is -0.309. The second-order valence-corrected chi connectivity index (χ2v) is 4.37. The number of nitrogens with zero attached hydrogens (tertiary/aromatic N) is 1. The average Bonchev–Trinajstić information content (AvgIpc) is 2.51. The second-order valence-electron chi connectivity index (χ2n) is 4.37. The Morgan fingerprint density at radius 1 is 1.64 bits per heavy atom. The van der Waals surface area contributed by atoms with Crippen molar-refractivity contribution in [2.24, 2.45) is 0 Å². The predicted molar refractivity (Wildman–Crippen MR) is 54.3 cm³/mol. The van der Waals surface area contributed by atoms with Crippen molar-refractivity contribution in [1.29, 1.82) is 0 Å². The third-order valence-electron chi connectivity index (χ3n) is 2.34. The third-order valence-corrected chi connectivity index (χ3v) is 2.34. The molecular weight excluding hydrogens is 179 g/mol. The average molecular weight is 194 g/mol. The molecule has 0 aliphatic carbocycles. The first-order chi connectivity index (χ1) is 6.57. The summed E-state index contributed by atoms with van der Waals surface area (Å²) < 4.78 is 11.5. The van der Waals surface area contributed by atoms with Gasteiger partial charge in [-0.3, -0.25) is 5.10 Å². The van der Waals surface area contributed by atoms with E-state index in [0.29, 0.717) is 0 Å². The van der Waals surface area contributed by atoms with E-state index in [2.05, 4.69) is 31.0 Å². The maximum Gasteiger partial charge on any atom is 0.513 e. The number of aromatic amines is 1. The summed E-state index contributed by atoms with van der Waals surface area (Å²) in [5.74, 6) is 0. The SMILES string of the molecule is CC1CC(C)(C)OB(c2ccn[nH]2)O1. The van der Waals surface area contributed by atoms with Gasteiger partial charge in [-0.05, 0) is 33.3 Å². The smallest absolute Gasteiger partial charge is 0.404 e. The van der Waals surface area contributed by atoms with Crippen LogP contribution in [0.4, 0.5) is 0 Å². The van der Waals surface area contributed by atoms with Gasteiger partial charge in [-0.2, -0.15) is 5.10 Å². The molecule has 0 bridgehead atoms. The van der Waals surface area contributed by atoms with Crippen LogP contribution in [0.1, 0.15) is 27.2 Å². The van der Waals surface area contributed by atoms with Crippen LogP contribution in [0.3, 0.4) is 0 Å². The van der Waals surface area contributed by atoms with Crippen LogP contribution in [0.2, 0.25) is 0 Å². The fourth-order valence-electron chi connectivity index (χ4n) is 1.85. The number of hydrogen-bond donors (Lipinski definition) is 1. The van der Waals surface area contributed by atoms with Crippen molar-refractivity contribution < 1.29 is 9.31 Å². The van der Waals surface area contributed by atoms with Crippen molar-refractivity contribution in [1.82, 2.24) is 10.2 Å². The molecular formula is C9H15BN2O2. The number of H-pyrrole nitrogens is 1. The molecule has 1 aliphatic heterocycles. The number of hydrogen-bond acceptors (Lipinski definition) is 3. The van der Waals surface area contributed by atoms with Gasteiger partial charge in [0.05, 0.1) is 11.2 Å². The molecule has 1 unspecified atom stereocenters. The fraction of sp³-hybridized carbons (Fsp3) is 0.667. The van der Waals surface area contributed by atoms with Crippen molar-refractivity contribution in [3.05, 3.63) is 12.3 Å². The first kappa shape index (κ1) is 9.74. The van der Waals surface area contributed by atoms with E-state index < -0.39 is 0 Å². The van der Waals surface area contributed by atoms with Gasteiger partial charge in [0, 0.05) is 12.3 Å². The van der Waals surface area contributed by atoms with E-state index in [1.54, 1.807) is 6.20 Å². The molecule has 2 rings (SSSR count). The summed E-state index contributed by atoms with van der Waals surface area (Å²) in [6, 6.07) is 1.87. The van der Waals surface area contributed by atoms with Gasteiger partial charge in [0.25, 0.3) is 0 Å². The maximum atomic E-state index is 5.80. The van der Waals surface area contributed by atoms with E-state index in [4.69, 9.17) is 9.31 Å². The molecule has 4 nitrogen and oxygen atoms in total. The van der Waals surface area contributed by atoms with E-state index in [9.17, 15) is 0 Å². The minimum absolute atomic E-state index is 0.132. The number of nitrogens with one attached hydrogen (secondary N) is 1. The summed E-state index contributed by atoms with van der Waals surface area (Å²) >= 11 is 0. The van der Waals surface area contributed by atoms with Gasteiger partial charge in [0.2, 0.25) is 0 Å². The van der Waals surface area contributed by atoms with E-state index >= 15 is 0 Å². The Hall–Kier alpha value is -0.805. The molecule has 1 aliphatic rings. The largest absolute Gasteiger partial charge is 0.513 e. The van der Waals surface area contributed by atoms with Gasteiger partial charge >= 0.3 is 7.12 Å². The highest BCUT2D eigenvalue weighted by atomic mass is 16.6. The number of rotatable bonds is 1. The monoisotopic (exact) mass is 194 g/mol. The van der Waals surface area contributed by atoms with Crippen molar-refractivity contribution >= 4 is 12.7 Å². The molecule has 1 aromatic rings. The molecule has 76 valence electrons. The highest BCUT2D eigenvalue weighted by Crippen LogP contribution is 2.25. The highest BCUT2D eigenvalue weighted by molar-refractivity contribution is 6.60. The standard InChI is InChI=1S/C9H15BN2O2/c1-7-6-9(2,3)14-10(13-7)8-4-5-11-12-8/h4-5,7H,6H2,1-3H3,(H,11,12). The van der Waals surface area contributed by atoms with Crippen LogP contribution in [0.5, 0.6) is 0 Å². The van der Waals surface area contributed by atoms with Crippen LogP contribution in [0.15, 0.2) is 12.3 Å². The van der Waals surface area contributed by atoms with Crippen LogP contribution >= 0.6 is 0 Å². The Kier molecular flexibility index (Phi) is 2.37. The zero-order chi connectivity index (χ0) is 10.2. The summed E-state index contributed by atoms with van der Waals surface area (Å²) in [6.07, 6.45) is 2.83. The summed E-state index contributed by atoms with van der Waals surface area (Å²) in [7, 11) is -0.309. The van der Waals surface area contributed by atoms with Crippen LogP contribution in [-0.4, -0.2) is 29.0 Å². The molecule has 14 heavy (non-hydrogen) atoms. The first-order valence-corrected chi connectivity index (χ1v) is 4.89. The molecule has 0 spiro atoms.